The fraction of sp³-hybridized carbons (Fsp3) is 0.111. The second-order valence-corrected chi connectivity index (χ2v) is 6.50. The van der Waals surface area contributed by atoms with Crippen LogP contribution in [-0.4, -0.2) is 9.96 Å². The normalized spacial score (nSPS) is 14.0. The van der Waals surface area contributed by atoms with Gasteiger partial charge in [-0.3, -0.25) is 4.21 Å². The molecule has 0 amide bonds. The number of hydrogen-bond donors (Lipinski definition) is 1. The molecule has 0 aliphatic rings. The van der Waals surface area contributed by atoms with Crippen LogP contribution in [0.25, 0.3) is 10.8 Å². The first-order valence-electron chi connectivity index (χ1n) is 6.92. The molecule has 3 aromatic carbocycles. The maximum Gasteiger partial charge on any atom is 0.0548 e. The molecular weight excluding hydrogens is 278 g/mol. The molecule has 0 aliphatic carbocycles. The minimum absolute atomic E-state index is 0.239. The molecule has 21 heavy (non-hydrogen) atoms. The van der Waals surface area contributed by atoms with Gasteiger partial charge in [0.15, 0.2) is 0 Å². The van der Waals surface area contributed by atoms with Gasteiger partial charge >= 0.3 is 0 Å². The van der Waals surface area contributed by atoms with E-state index < -0.39 is 10.8 Å². The van der Waals surface area contributed by atoms with Crippen molar-refractivity contribution in [3.8, 4) is 0 Å². The first-order chi connectivity index (χ1) is 10.3. The Balaban J connectivity index is 1.88. The summed E-state index contributed by atoms with van der Waals surface area (Å²) in [6.45, 7) is 0. The quantitative estimate of drug-likeness (QED) is 0.798. The van der Waals surface area contributed by atoms with Crippen LogP contribution in [-0.2, 0) is 10.8 Å². The summed E-state index contributed by atoms with van der Waals surface area (Å²) in [6.07, 6.45) is 0. The number of fused-ring (bicyclic) bond motifs is 1. The smallest absolute Gasteiger partial charge is 0.0548 e. The summed E-state index contributed by atoms with van der Waals surface area (Å²) in [6, 6.07) is 23.5. The van der Waals surface area contributed by atoms with E-state index in [2.05, 4.69) is 18.2 Å². The van der Waals surface area contributed by atoms with E-state index in [1.165, 1.54) is 0 Å². The Morgan fingerprint density at radius 2 is 1.52 bits per heavy atom. The highest BCUT2D eigenvalue weighted by atomic mass is 32.2. The Bertz CT molecular complexity index is 765. The van der Waals surface area contributed by atoms with Gasteiger partial charge in [-0.05, 0) is 28.5 Å². The SMILES string of the molecule is NC(CS(=O)c1ccccc1)c1cccc2ccccc12. The average molecular weight is 295 g/mol. The molecule has 0 radical (unpaired) electrons. The fourth-order valence-corrected chi connectivity index (χ4v) is 3.65. The molecule has 0 fully saturated rings. The second-order valence-electron chi connectivity index (χ2n) is 5.00. The first kappa shape index (κ1) is 14.0. The molecule has 3 aromatic rings. The van der Waals surface area contributed by atoms with Crippen molar-refractivity contribution in [3.05, 3.63) is 78.4 Å². The van der Waals surface area contributed by atoms with Crippen molar-refractivity contribution in [1.82, 2.24) is 0 Å². The Morgan fingerprint density at radius 3 is 2.33 bits per heavy atom. The van der Waals surface area contributed by atoms with Gasteiger partial charge in [-0.15, -0.1) is 0 Å². The highest BCUT2D eigenvalue weighted by molar-refractivity contribution is 7.85. The van der Waals surface area contributed by atoms with Gasteiger partial charge in [0, 0.05) is 16.7 Å². The maximum atomic E-state index is 12.4. The monoisotopic (exact) mass is 295 g/mol. The highest BCUT2D eigenvalue weighted by Crippen LogP contribution is 2.24. The zero-order valence-corrected chi connectivity index (χ0v) is 12.4. The molecule has 0 spiro atoms. The van der Waals surface area contributed by atoms with Crippen molar-refractivity contribution in [3.63, 3.8) is 0 Å². The van der Waals surface area contributed by atoms with Crippen LogP contribution in [0.1, 0.15) is 11.6 Å². The summed E-state index contributed by atoms with van der Waals surface area (Å²) >= 11 is 0. The zero-order chi connectivity index (χ0) is 14.7. The van der Waals surface area contributed by atoms with E-state index in [-0.39, 0.29) is 6.04 Å². The van der Waals surface area contributed by atoms with Crippen LogP contribution in [0.15, 0.2) is 77.7 Å². The summed E-state index contributed by atoms with van der Waals surface area (Å²) in [5, 5.41) is 2.30. The van der Waals surface area contributed by atoms with Crippen molar-refractivity contribution in [2.45, 2.75) is 10.9 Å². The van der Waals surface area contributed by atoms with Crippen molar-refractivity contribution in [2.75, 3.05) is 5.75 Å². The molecule has 0 aliphatic heterocycles. The Hall–Kier alpha value is -1.97. The molecule has 106 valence electrons. The van der Waals surface area contributed by atoms with Crippen LogP contribution >= 0.6 is 0 Å². The van der Waals surface area contributed by atoms with E-state index in [1.54, 1.807) is 0 Å². The molecule has 2 unspecified atom stereocenters. The molecule has 3 rings (SSSR count). The summed E-state index contributed by atoms with van der Waals surface area (Å²) in [7, 11) is -1.08. The lowest BCUT2D eigenvalue weighted by Gasteiger charge is -2.14. The van der Waals surface area contributed by atoms with Crippen LogP contribution in [0.5, 0.6) is 0 Å². The van der Waals surface area contributed by atoms with E-state index in [9.17, 15) is 4.21 Å². The van der Waals surface area contributed by atoms with Crippen molar-refractivity contribution in [2.24, 2.45) is 5.73 Å². The molecule has 2 N–H and O–H groups in total. The number of rotatable bonds is 4. The number of benzene rings is 3. The number of nitrogens with two attached hydrogens (primary N) is 1. The van der Waals surface area contributed by atoms with E-state index in [4.69, 9.17) is 5.73 Å². The molecule has 0 heterocycles. The molecule has 2 nitrogen and oxygen atoms in total. The summed E-state index contributed by atoms with van der Waals surface area (Å²) < 4.78 is 12.4. The third-order valence-electron chi connectivity index (χ3n) is 3.56. The molecule has 0 bridgehead atoms. The number of hydrogen-bond acceptors (Lipinski definition) is 2. The van der Waals surface area contributed by atoms with E-state index >= 15 is 0 Å². The maximum absolute atomic E-state index is 12.4. The van der Waals surface area contributed by atoms with E-state index in [1.807, 2.05) is 54.6 Å². The lowest BCUT2D eigenvalue weighted by molar-refractivity contribution is 0.675. The minimum atomic E-state index is -1.08. The van der Waals surface area contributed by atoms with Crippen molar-refractivity contribution in [1.29, 1.82) is 0 Å². The molecule has 0 aromatic heterocycles. The largest absolute Gasteiger partial charge is 0.323 e. The van der Waals surface area contributed by atoms with Crippen molar-refractivity contribution >= 4 is 21.6 Å². The van der Waals surface area contributed by atoms with Gasteiger partial charge in [-0.2, -0.15) is 0 Å². The van der Waals surface area contributed by atoms with Gasteiger partial charge in [0.2, 0.25) is 0 Å². The third-order valence-corrected chi connectivity index (χ3v) is 5.02. The lowest BCUT2D eigenvalue weighted by Crippen LogP contribution is -2.18. The Kier molecular flexibility index (Phi) is 4.13. The van der Waals surface area contributed by atoms with Crippen LogP contribution in [0, 0.1) is 0 Å². The Labute approximate surface area is 127 Å². The van der Waals surface area contributed by atoms with Gasteiger partial charge < -0.3 is 5.73 Å². The van der Waals surface area contributed by atoms with Crippen molar-refractivity contribution < 1.29 is 4.21 Å². The first-order valence-corrected chi connectivity index (χ1v) is 8.24. The topological polar surface area (TPSA) is 43.1 Å². The van der Waals surface area contributed by atoms with Gasteiger partial charge in [0.1, 0.15) is 0 Å². The minimum Gasteiger partial charge on any atom is -0.323 e. The summed E-state index contributed by atoms with van der Waals surface area (Å²) in [5.41, 5.74) is 7.36. The predicted octanol–water partition coefficient (Wildman–Crippen LogP) is 3.65. The molecule has 3 heteroatoms. The Morgan fingerprint density at radius 1 is 0.857 bits per heavy atom. The third kappa shape index (κ3) is 3.04. The van der Waals surface area contributed by atoms with Gasteiger partial charge in [0.05, 0.1) is 10.8 Å². The molecule has 0 saturated carbocycles. The lowest BCUT2D eigenvalue weighted by atomic mass is 10.0. The molecule has 0 saturated heterocycles. The predicted molar refractivity (Wildman–Crippen MR) is 88.6 cm³/mol. The van der Waals surface area contributed by atoms with Crippen LogP contribution in [0.3, 0.4) is 0 Å². The zero-order valence-electron chi connectivity index (χ0n) is 11.6. The van der Waals surface area contributed by atoms with Gasteiger partial charge in [-0.1, -0.05) is 60.7 Å². The average Bonchev–Trinajstić information content (AvgIpc) is 2.55. The highest BCUT2D eigenvalue weighted by Gasteiger charge is 2.14. The standard InChI is InChI=1S/C18H17NOS/c19-18(13-21(20)15-9-2-1-3-10-15)17-12-6-8-14-7-4-5-11-16(14)17/h1-12,18H,13,19H2. The fourth-order valence-electron chi connectivity index (χ4n) is 2.50. The van der Waals surface area contributed by atoms with Crippen LogP contribution in [0.4, 0.5) is 0 Å². The van der Waals surface area contributed by atoms with E-state index in [0.717, 1.165) is 21.2 Å². The van der Waals surface area contributed by atoms with Crippen LogP contribution in [0.2, 0.25) is 0 Å². The van der Waals surface area contributed by atoms with Crippen LogP contribution < -0.4 is 5.73 Å². The van der Waals surface area contributed by atoms with Gasteiger partial charge in [-0.25, -0.2) is 0 Å². The van der Waals surface area contributed by atoms with Gasteiger partial charge in [0.25, 0.3) is 0 Å². The summed E-state index contributed by atoms with van der Waals surface area (Å²) in [4.78, 5) is 0.827. The summed E-state index contributed by atoms with van der Waals surface area (Å²) in [5.74, 6) is 0.429. The van der Waals surface area contributed by atoms with E-state index in [0.29, 0.717) is 5.75 Å². The second kappa shape index (κ2) is 6.20. The molecular formula is C18H17NOS. The molecule has 2 atom stereocenters.